The van der Waals surface area contributed by atoms with Gasteiger partial charge in [-0.05, 0) is 32.1 Å². The standard InChI is InChI=1S/C16H26O2/c1-15(2,3)14(17)10-6-9-13-16(18)11-7-4-5-8-12-16/h6-7,9,11,18H,4-5,8,10,12-13H2,1-3H3/b9-6+. The van der Waals surface area contributed by atoms with Crippen LogP contribution in [-0.4, -0.2) is 16.5 Å². The Kier molecular flexibility index (Phi) is 5.33. The van der Waals surface area contributed by atoms with E-state index in [0.29, 0.717) is 12.8 Å². The van der Waals surface area contributed by atoms with Gasteiger partial charge in [-0.1, -0.05) is 45.1 Å². The van der Waals surface area contributed by atoms with Crippen molar-refractivity contribution < 1.29 is 9.90 Å². The molecule has 1 unspecified atom stereocenters. The molecule has 2 heteroatoms. The summed E-state index contributed by atoms with van der Waals surface area (Å²) in [6.07, 6.45) is 13.0. The van der Waals surface area contributed by atoms with E-state index < -0.39 is 5.60 Å². The lowest BCUT2D eigenvalue weighted by atomic mass is 9.88. The molecule has 0 aromatic heterocycles. The topological polar surface area (TPSA) is 37.3 Å². The SMILES string of the molecule is CC(C)(C)C(=O)C/C=C/CC1(O)C=CCCCC1. The van der Waals surface area contributed by atoms with Crippen molar-refractivity contribution >= 4 is 5.78 Å². The second-order valence-corrected chi connectivity index (χ2v) is 6.30. The van der Waals surface area contributed by atoms with Crippen molar-refractivity contribution in [2.75, 3.05) is 0 Å². The minimum absolute atomic E-state index is 0.238. The first-order chi connectivity index (χ1) is 8.33. The zero-order chi connectivity index (χ0) is 13.6. The van der Waals surface area contributed by atoms with E-state index in [1.165, 1.54) is 0 Å². The van der Waals surface area contributed by atoms with Gasteiger partial charge in [-0.3, -0.25) is 4.79 Å². The average molecular weight is 250 g/mol. The fraction of sp³-hybridized carbons (Fsp3) is 0.688. The highest BCUT2D eigenvalue weighted by atomic mass is 16.3. The average Bonchev–Trinajstić information content (AvgIpc) is 2.48. The van der Waals surface area contributed by atoms with Crippen molar-refractivity contribution in [1.82, 2.24) is 0 Å². The minimum atomic E-state index is -0.697. The van der Waals surface area contributed by atoms with Crippen molar-refractivity contribution in [1.29, 1.82) is 0 Å². The van der Waals surface area contributed by atoms with Crippen molar-refractivity contribution in [3.8, 4) is 0 Å². The van der Waals surface area contributed by atoms with E-state index in [0.717, 1.165) is 25.7 Å². The molecule has 0 aromatic rings. The van der Waals surface area contributed by atoms with Crippen LogP contribution in [0.2, 0.25) is 0 Å². The fourth-order valence-electron chi connectivity index (χ4n) is 2.03. The van der Waals surface area contributed by atoms with Gasteiger partial charge in [0, 0.05) is 11.8 Å². The van der Waals surface area contributed by atoms with E-state index in [-0.39, 0.29) is 11.2 Å². The molecular weight excluding hydrogens is 224 g/mol. The third-order valence-corrected chi connectivity index (χ3v) is 3.44. The molecule has 18 heavy (non-hydrogen) atoms. The van der Waals surface area contributed by atoms with E-state index in [1.807, 2.05) is 39.0 Å². The zero-order valence-electron chi connectivity index (χ0n) is 11.9. The Hall–Kier alpha value is -0.890. The number of ketones is 1. The van der Waals surface area contributed by atoms with Crippen LogP contribution in [-0.2, 0) is 4.79 Å². The van der Waals surface area contributed by atoms with Crippen molar-refractivity contribution in [3.05, 3.63) is 24.3 Å². The molecule has 0 aromatic carbocycles. The Balaban J connectivity index is 2.42. The Morgan fingerprint density at radius 2 is 2.06 bits per heavy atom. The second kappa shape index (κ2) is 6.33. The maximum atomic E-state index is 11.7. The molecule has 1 aliphatic carbocycles. The van der Waals surface area contributed by atoms with E-state index in [4.69, 9.17) is 0 Å². The van der Waals surface area contributed by atoms with E-state index in [9.17, 15) is 9.90 Å². The van der Waals surface area contributed by atoms with Gasteiger partial charge in [0.2, 0.25) is 0 Å². The molecule has 0 fully saturated rings. The molecule has 0 saturated heterocycles. The van der Waals surface area contributed by atoms with Gasteiger partial charge in [0.1, 0.15) is 5.78 Å². The first-order valence-corrected chi connectivity index (χ1v) is 6.92. The second-order valence-electron chi connectivity index (χ2n) is 6.30. The van der Waals surface area contributed by atoms with E-state index in [1.54, 1.807) is 0 Å². The maximum absolute atomic E-state index is 11.7. The summed E-state index contributed by atoms with van der Waals surface area (Å²) >= 11 is 0. The Morgan fingerprint density at radius 1 is 1.33 bits per heavy atom. The highest BCUT2D eigenvalue weighted by molar-refractivity contribution is 5.84. The smallest absolute Gasteiger partial charge is 0.141 e. The highest BCUT2D eigenvalue weighted by Crippen LogP contribution is 2.25. The summed E-state index contributed by atoms with van der Waals surface area (Å²) in [5.74, 6) is 0.238. The minimum Gasteiger partial charge on any atom is -0.385 e. The quantitative estimate of drug-likeness (QED) is 0.771. The van der Waals surface area contributed by atoms with Gasteiger partial charge in [0.25, 0.3) is 0 Å². The van der Waals surface area contributed by atoms with Crippen LogP contribution in [0.5, 0.6) is 0 Å². The number of allylic oxidation sites excluding steroid dienone is 2. The van der Waals surface area contributed by atoms with Crippen molar-refractivity contribution in [2.45, 2.75) is 64.9 Å². The predicted molar refractivity (Wildman–Crippen MR) is 75.4 cm³/mol. The van der Waals surface area contributed by atoms with Gasteiger partial charge >= 0.3 is 0 Å². The number of carbonyl (C=O) groups excluding carboxylic acids is 1. The Morgan fingerprint density at radius 3 is 2.72 bits per heavy atom. The van der Waals surface area contributed by atoms with E-state index in [2.05, 4.69) is 6.08 Å². The number of rotatable bonds is 4. The molecule has 1 aliphatic rings. The molecule has 0 saturated carbocycles. The number of aliphatic hydroxyl groups is 1. The zero-order valence-corrected chi connectivity index (χ0v) is 11.9. The number of Topliss-reactive ketones (excluding diaryl/α,β-unsaturated/α-hetero) is 1. The molecule has 1 atom stereocenters. The lowest BCUT2D eigenvalue weighted by Gasteiger charge is -2.21. The summed E-state index contributed by atoms with van der Waals surface area (Å²) in [7, 11) is 0. The van der Waals surface area contributed by atoms with Crippen LogP contribution >= 0.6 is 0 Å². The molecule has 2 nitrogen and oxygen atoms in total. The normalized spacial score (nSPS) is 25.3. The molecule has 1 N–H and O–H groups in total. The Labute approximate surface area is 111 Å². The van der Waals surface area contributed by atoms with Crippen LogP contribution in [0.1, 0.15) is 59.3 Å². The summed E-state index contributed by atoms with van der Waals surface area (Å²) in [5, 5.41) is 10.4. The largest absolute Gasteiger partial charge is 0.385 e. The fourth-order valence-corrected chi connectivity index (χ4v) is 2.03. The number of hydrogen-bond acceptors (Lipinski definition) is 2. The van der Waals surface area contributed by atoms with Crippen LogP contribution < -0.4 is 0 Å². The molecule has 0 bridgehead atoms. The third kappa shape index (κ3) is 5.18. The summed E-state index contributed by atoms with van der Waals surface area (Å²) in [6.45, 7) is 5.81. The molecule has 0 spiro atoms. The van der Waals surface area contributed by atoms with E-state index >= 15 is 0 Å². The van der Waals surface area contributed by atoms with Crippen molar-refractivity contribution in [3.63, 3.8) is 0 Å². The van der Waals surface area contributed by atoms with Gasteiger partial charge in [0.15, 0.2) is 0 Å². The van der Waals surface area contributed by atoms with Crippen LogP contribution in [0, 0.1) is 5.41 Å². The summed E-state index contributed by atoms with van der Waals surface area (Å²) in [6, 6.07) is 0. The lowest BCUT2D eigenvalue weighted by Crippen LogP contribution is -2.24. The van der Waals surface area contributed by atoms with Gasteiger partial charge in [-0.15, -0.1) is 0 Å². The number of carbonyl (C=O) groups is 1. The van der Waals surface area contributed by atoms with Gasteiger partial charge in [0.05, 0.1) is 5.60 Å². The summed E-state index contributed by atoms with van der Waals surface area (Å²) in [5.41, 5.74) is -0.971. The maximum Gasteiger partial charge on any atom is 0.141 e. The molecule has 1 rings (SSSR count). The van der Waals surface area contributed by atoms with Crippen LogP contribution in [0.15, 0.2) is 24.3 Å². The monoisotopic (exact) mass is 250 g/mol. The van der Waals surface area contributed by atoms with Gasteiger partial charge in [-0.25, -0.2) is 0 Å². The predicted octanol–water partition coefficient (Wildman–Crippen LogP) is 3.80. The van der Waals surface area contributed by atoms with Gasteiger partial charge in [-0.2, -0.15) is 0 Å². The molecular formula is C16H26O2. The molecule has 0 radical (unpaired) electrons. The van der Waals surface area contributed by atoms with Crippen LogP contribution in [0.25, 0.3) is 0 Å². The first kappa shape index (κ1) is 15.2. The summed E-state index contributed by atoms with van der Waals surface area (Å²) in [4.78, 5) is 11.7. The molecule has 0 aliphatic heterocycles. The molecule has 0 amide bonds. The van der Waals surface area contributed by atoms with Crippen molar-refractivity contribution in [2.24, 2.45) is 5.41 Å². The summed E-state index contributed by atoms with van der Waals surface area (Å²) < 4.78 is 0. The van der Waals surface area contributed by atoms with Crippen LogP contribution in [0.4, 0.5) is 0 Å². The first-order valence-electron chi connectivity index (χ1n) is 6.92. The number of hydrogen-bond donors (Lipinski definition) is 1. The lowest BCUT2D eigenvalue weighted by molar-refractivity contribution is -0.125. The van der Waals surface area contributed by atoms with Crippen LogP contribution in [0.3, 0.4) is 0 Å². The molecule has 0 heterocycles. The van der Waals surface area contributed by atoms with Gasteiger partial charge < -0.3 is 5.11 Å². The molecule has 102 valence electrons. The highest BCUT2D eigenvalue weighted by Gasteiger charge is 2.23. The third-order valence-electron chi connectivity index (χ3n) is 3.44. The Bertz CT molecular complexity index is 333.